The maximum Gasteiger partial charge on any atom is 0.254 e. The molecule has 2 atom stereocenters. The van der Waals surface area contributed by atoms with E-state index in [4.69, 9.17) is 18.9 Å². The van der Waals surface area contributed by atoms with Crippen LogP contribution >= 0.6 is 0 Å². The second-order valence-corrected chi connectivity index (χ2v) is 9.06. The first-order valence-corrected chi connectivity index (χ1v) is 12.1. The summed E-state index contributed by atoms with van der Waals surface area (Å²) in [7, 11) is 6.25. The van der Waals surface area contributed by atoms with Crippen molar-refractivity contribution in [3.63, 3.8) is 0 Å². The van der Waals surface area contributed by atoms with Gasteiger partial charge in [-0.25, -0.2) is 0 Å². The quantitative estimate of drug-likeness (QED) is 0.528. The van der Waals surface area contributed by atoms with E-state index in [1.54, 1.807) is 39.5 Å². The predicted octanol–water partition coefficient (Wildman–Crippen LogP) is 3.87. The third kappa shape index (κ3) is 4.22. The molecule has 2 aliphatic heterocycles. The van der Waals surface area contributed by atoms with Crippen LogP contribution in [0.1, 0.15) is 44.6 Å². The van der Waals surface area contributed by atoms with Crippen LogP contribution in [0.4, 0.5) is 0 Å². The maximum absolute atomic E-state index is 14.0. The first-order valence-electron chi connectivity index (χ1n) is 12.1. The van der Waals surface area contributed by atoms with Crippen molar-refractivity contribution in [2.24, 2.45) is 0 Å². The number of amides is 2. The second-order valence-electron chi connectivity index (χ2n) is 9.06. The van der Waals surface area contributed by atoms with Crippen LogP contribution in [0.2, 0.25) is 0 Å². The highest BCUT2D eigenvalue weighted by Gasteiger charge is 2.46. The zero-order valence-corrected chi connectivity index (χ0v) is 21.4. The third-order valence-electron chi connectivity index (χ3n) is 7.26. The Labute approximate surface area is 216 Å². The molecule has 8 nitrogen and oxygen atoms in total. The molecule has 0 radical (unpaired) electrons. The molecule has 0 unspecified atom stereocenters. The summed E-state index contributed by atoms with van der Waals surface area (Å²) in [6, 6.07) is 16.5. The van der Waals surface area contributed by atoms with Crippen LogP contribution in [0.3, 0.4) is 0 Å². The molecule has 2 amide bonds. The minimum absolute atomic E-state index is 0.115. The molecule has 0 aliphatic carbocycles. The Morgan fingerprint density at radius 1 is 0.892 bits per heavy atom. The number of rotatable bonds is 7. The van der Waals surface area contributed by atoms with Crippen LogP contribution in [0.5, 0.6) is 23.0 Å². The molecule has 2 heterocycles. The number of nitrogens with one attached hydrogen (secondary N) is 1. The number of hydrogen-bond donors (Lipinski definition) is 1. The topological polar surface area (TPSA) is 86.3 Å². The minimum atomic E-state index is -0.641. The van der Waals surface area contributed by atoms with Gasteiger partial charge < -0.3 is 29.2 Å². The van der Waals surface area contributed by atoms with Gasteiger partial charge in [-0.1, -0.05) is 24.3 Å². The van der Waals surface area contributed by atoms with Gasteiger partial charge in [0.05, 0.1) is 40.4 Å². The summed E-state index contributed by atoms with van der Waals surface area (Å²) in [6.07, 6.45) is 0.735. The first kappa shape index (κ1) is 24.5. The van der Waals surface area contributed by atoms with E-state index < -0.39 is 12.0 Å². The summed E-state index contributed by atoms with van der Waals surface area (Å²) in [5, 5.41) is 3.10. The van der Waals surface area contributed by atoms with Gasteiger partial charge in [0, 0.05) is 30.3 Å². The van der Waals surface area contributed by atoms with Gasteiger partial charge in [0.2, 0.25) is 5.91 Å². The third-order valence-corrected chi connectivity index (χ3v) is 7.26. The van der Waals surface area contributed by atoms with Crippen LogP contribution < -0.4 is 24.3 Å². The zero-order chi connectivity index (χ0) is 26.1. The van der Waals surface area contributed by atoms with E-state index in [1.165, 1.54) is 7.11 Å². The number of hydrogen-bond acceptors (Lipinski definition) is 6. The van der Waals surface area contributed by atoms with E-state index in [2.05, 4.69) is 11.4 Å². The smallest absolute Gasteiger partial charge is 0.254 e. The number of ether oxygens (including phenoxy) is 4. The lowest BCUT2D eigenvalue weighted by Crippen LogP contribution is -2.50. The summed E-state index contributed by atoms with van der Waals surface area (Å²) >= 11 is 0. The number of methoxy groups -OCH3 is 4. The lowest BCUT2D eigenvalue weighted by Gasteiger charge is -2.45. The molecule has 0 spiro atoms. The Morgan fingerprint density at radius 3 is 2.35 bits per heavy atom. The molecular weight excluding hydrogens is 472 g/mol. The monoisotopic (exact) mass is 502 g/mol. The lowest BCUT2D eigenvalue weighted by atomic mass is 9.75. The molecule has 0 aromatic heterocycles. The van der Waals surface area contributed by atoms with Crippen molar-refractivity contribution in [1.29, 1.82) is 0 Å². The highest BCUT2D eigenvalue weighted by molar-refractivity contribution is 6.02. The van der Waals surface area contributed by atoms with Crippen molar-refractivity contribution >= 4 is 11.8 Å². The van der Waals surface area contributed by atoms with Gasteiger partial charge in [0.1, 0.15) is 11.5 Å². The lowest BCUT2D eigenvalue weighted by molar-refractivity contribution is -0.124. The molecule has 37 heavy (non-hydrogen) atoms. The van der Waals surface area contributed by atoms with Gasteiger partial charge >= 0.3 is 0 Å². The highest BCUT2D eigenvalue weighted by atomic mass is 16.5. The molecule has 0 bridgehead atoms. The summed E-state index contributed by atoms with van der Waals surface area (Å²) < 4.78 is 21.8. The van der Waals surface area contributed by atoms with E-state index in [0.29, 0.717) is 40.7 Å². The summed E-state index contributed by atoms with van der Waals surface area (Å²) in [6.45, 7) is 0.790. The van der Waals surface area contributed by atoms with Crippen LogP contribution in [-0.2, 0) is 17.8 Å². The molecule has 3 aromatic carbocycles. The van der Waals surface area contributed by atoms with Crippen molar-refractivity contribution in [3.8, 4) is 23.0 Å². The van der Waals surface area contributed by atoms with Crippen molar-refractivity contribution in [2.45, 2.75) is 24.9 Å². The average Bonchev–Trinajstić information content (AvgIpc) is 2.95. The Balaban J connectivity index is 1.57. The molecular formula is C29H30N2O6. The van der Waals surface area contributed by atoms with Crippen LogP contribution in [0, 0.1) is 0 Å². The maximum atomic E-state index is 14.0. The normalized spacial score (nSPS) is 17.7. The van der Waals surface area contributed by atoms with Crippen molar-refractivity contribution in [2.75, 3.05) is 35.0 Å². The molecule has 5 rings (SSSR count). The van der Waals surface area contributed by atoms with E-state index in [0.717, 1.165) is 23.1 Å². The largest absolute Gasteiger partial charge is 0.497 e. The van der Waals surface area contributed by atoms with Gasteiger partial charge in [0.15, 0.2) is 11.5 Å². The van der Waals surface area contributed by atoms with Crippen LogP contribution in [0.15, 0.2) is 54.6 Å². The number of fused-ring (bicyclic) bond motifs is 4. The fourth-order valence-corrected chi connectivity index (χ4v) is 5.42. The number of nitrogens with zero attached hydrogens (tertiary/aromatic N) is 1. The summed E-state index contributed by atoms with van der Waals surface area (Å²) in [4.78, 5) is 29.5. The Kier molecular flexibility index (Phi) is 6.65. The molecule has 0 saturated heterocycles. The molecule has 1 N–H and O–H groups in total. The number of carbonyl (C=O) groups is 2. The SMILES string of the molecule is COc1ccc(CNC(=O)[C@H]2c3cc(OC)c(OC)cc3C(=O)N3CCc4ccccc4[C@H]23)c(OC)c1. The molecule has 8 heteroatoms. The Hall–Kier alpha value is -4.20. The highest BCUT2D eigenvalue weighted by Crippen LogP contribution is 2.48. The minimum Gasteiger partial charge on any atom is -0.497 e. The van der Waals surface area contributed by atoms with Gasteiger partial charge in [-0.15, -0.1) is 0 Å². The van der Waals surface area contributed by atoms with Gasteiger partial charge in [-0.3, -0.25) is 9.59 Å². The van der Waals surface area contributed by atoms with Crippen molar-refractivity contribution in [1.82, 2.24) is 10.2 Å². The fraction of sp³-hybridized carbons (Fsp3) is 0.310. The second kappa shape index (κ2) is 10.0. The van der Waals surface area contributed by atoms with E-state index >= 15 is 0 Å². The van der Waals surface area contributed by atoms with Crippen LogP contribution in [-0.4, -0.2) is 51.7 Å². The predicted molar refractivity (Wildman–Crippen MR) is 138 cm³/mol. The summed E-state index contributed by atoms with van der Waals surface area (Å²) in [5.74, 6) is 1.27. The van der Waals surface area contributed by atoms with E-state index in [-0.39, 0.29) is 18.4 Å². The number of carbonyl (C=O) groups excluding carboxylic acids is 2. The fourth-order valence-electron chi connectivity index (χ4n) is 5.42. The standard InChI is InChI=1S/C29H30N2O6/c1-34-19-10-9-18(23(13-19)35-2)16-30-28(32)26-21-14-24(36-3)25(37-4)15-22(21)29(33)31-12-11-17-7-5-6-8-20(17)27(26)31/h5-10,13-15,26-27H,11-12,16H2,1-4H3,(H,30,32)/t26-,27+/m0/s1. The molecule has 192 valence electrons. The Morgan fingerprint density at radius 2 is 1.62 bits per heavy atom. The summed E-state index contributed by atoms with van der Waals surface area (Å²) in [5.41, 5.74) is 4.03. The average molecular weight is 503 g/mol. The van der Waals surface area contributed by atoms with Crippen LogP contribution in [0.25, 0.3) is 0 Å². The Bertz CT molecular complexity index is 1350. The molecule has 3 aromatic rings. The zero-order valence-electron chi connectivity index (χ0n) is 21.4. The van der Waals surface area contributed by atoms with Gasteiger partial charge in [-0.05, 0) is 47.4 Å². The van der Waals surface area contributed by atoms with Crippen molar-refractivity contribution < 1.29 is 28.5 Å². The molecule has 2 aliphatic rings. The van der Waals surface area contributed by atoms with Crippen molar-refractivity contribution in [3.05, 3.63) is 82.4 Å². The number of benzene rings is 3. The van der Waals surface area contributed by atoms with E-state index in [9.17, 15) is 9.59 Å². The first-order chi connectivity index (χ1) is 18.0. The molecule has 0 saturated carbocycles. The van der Waals surface area contributed by atoms with E-state index in [1.807, 2.05) is 35.2 Å². The molecule has 0 fully saturated rings. The van der Waals surface area contributed by atoms with Gasteiger partial charge in [0.25, 0.3) is 5.91 Å². The van der Waals surface area contributed by atoms with Gasteiger partial charge in [-0.2, -0.15) is 0 Å².